The summed E-state index contributed by atoms with van der Waals surface area (Å²) in [6, 6.07) is 3.40. The van der Waals surface area contributed by atoms with Crippen molar-refractivity contribution in [3.63, 3.8) is 0 Å². The summed E-state index contributed by atoms with van der Waals surface area (Å²) in [4.78, 5) is 73.0. The van der Waals surface area contributed by atoms with Crippen molar-refractivity contribution in [1.82, 2.24) is 15.5 Å². The quantitative estimate of drug-likeness (QED) is 0.265. The minimum atomic E-state index is -1.07. The number of imide groups is 2. The van der Waals surface area contributed by atoms with E-state index in [4.69, 9.17) is 10.5 Å². The van der Waals surface area contributed by atoms with Gasteiger partial charge in [0.25, 0.3) is 17.7 Å². The molecule has 3 rings (SSSR count). The van der Waals surface area contributed by atoms with Crippen LogP contribution >= 0.6 is 0 Å². The molecule has 1 aromatic carbocycles. The zero-order chi connectivity index (χ0) is 26.1. The van der Waals surface area contributed by atoms with Crippen LogP contribution in [-0.4, -0.2) is 66.3 Å². The maximum absolute atomic E-state index is 13.0. The van der Waals surface area contributed by atoms with Crippen LogP contribution in [0.15, 0.2) is 18.2 Å². The molecule has 1 unspecified atom stereocenters. The number of amides is 6. The molecule has 0 spiro atoms. The number of rotatable bonds is 13. The molecule has 2 aliphatic rings. The highest BCUT2D eigenvalue weighted by molar-refractivity contribution is 6.24. The molecular weight excluding hydrogens is 472 g/mol. The second-order valence-electron chi connectivity index (χ2n) is 8.55. The molecule has 2 heterocycles. The standard InChI is InChI=1S/C24H30N4O8/c25-24(34)35-13-6-4-2-1-3-5-12-26-19(30)14-36-17-9-7-8-15-20(17)23(33)28(22(15)32)16-10-11-18(29)27-21(16)31/h7-9,16H,1-6,10-14H2,(H2,25,34)(H,26,30)(H,27,29,31). The Morgan fingerprint density at radius 2 is 1.75 bits per heavy atom. The van der Waals surface area contributed by atoms with Crippen molar-refractivity contribution in [3.05, 3.63) is 29.3 Å². The smallest absolute Gasteiger partial charge is 0.404 e. The molecule has 0 saturated carbocycles. The van der Waals surface area contributed by atoms with E-state index in [9.17, 15) is 28.8 Å². The number of nitrogens with one attached hydrogen (secondary N) is 2. The molecule has 1 atom stereocenters. The van der Waals surface area contributed by atoms with E-state index in [1.165, 1.54) is 18.2 Å². The number of piperidine rings is 1. The molecular formula is C24H30N4O8. The Balaban J connectivity index is 1.41. The summed E-state index contributed by atoms with van der Waals surface area (Å²) in [5.41, 5.74) is 4.98. The summed E-state index contributed by atoms with van der Waals surface area (Å²) in [6.45, 7) is 0.460. The molecule has 1 fully saturated rings. The third-order valence-corrected chi connectivity index (χ3v) is 5.93. The average Bonchev–Trinajstić information content (AvgIpc) is 3.09. The summed E-state index contributed by atoms with van der Waals surface area (Å²) in [5, 5.41) is 4.90. The number of unbranched alkanes of at least 4 members (excludes halogenated alkanes) is 5. The van der Waals surface area contributed by atoms with Crippen molar-refractivity contribution < 1.29 is 38.2 Å². The molecule has 0 aromatic heterocycles. The van der Waals surface area contributed by atoms with E-state index in [1.807, 2.05) is 0 Å². The number of hydrogen-bond donors (Lipinski definition) is 3. The SMILES string of the molecule is NC(=O)OCCCCCCCCNC(=O)COc1cccc2c1C(=O)N(C1CCC(=O)NC1=O)C2=O. The van der Waals surface area contributed by atoms with Crippen molar-refractivity contribution in [1.29, 1.82) is 0 Å². The first-order valence-corrected chi connectivity index (χ1v) is 12.0. The van der Waals surface area contributed by atoms with Crippen LogP contribution in [0.1, 0.15) is 72.1 Å². The predicted octanol–water partition coefficient (Wildman–Crippen LogP) is 1.02. The molecule has 12 nitrogen and oxygen atoms in total. The lowest BCUT2D eigenvalue weighted by Gasteiger charge is -2.27. The molecule has 12 heteroatoms. The van der Waals surface area contributed by atoms with Crippen LogP contribution in [0, 0.1) is 0 Å². The van der Waals surface area contributed by atoms with Crippen molar-refractivity contribution in [2.75, 3.05) is 19.8 Å². The van der Waals surface area contributed by atoms with E-state index in [-0.39, 0.29) is 42.2 Å². The topological polar surface area (TPSA) is 174 Å². The van der Waals surface area contributed by atoms with Gasteiger partial charge in [-0.25, -0.2) is 4.79 Å². The first kappa shape index (κ1) is 26.6. The summed E-state index contributed by atoms with van der Waals surface area (Å²) >= 11 is 0. The molecule has 0 bridgehead atoms. The van der Waals surface area contributed by atoms with E-state index < -0.39 is 35.8 Å². The van der Waals surface area contributed by atoms with Crippen LogP contribution in [0.5, 0.6) is 5.75 Å². The Bertz CT molecular complexity index is 1040. The summed E-state index contributed by atoms with van der Waals surface area (Å²) in [7, 11) is 0. The molecule has 2 aliphatic heterocycles. The lowest BCUT2D eigenvalue weighted by atomic mass is 10.0. The Morgan fingerprint density at radius 1 is 1.03 bits per heavy atom. The van der Waals surface area contributed by atoms with Crippen LogP contribution in [0.4, 0.5) is 4.79 Å². The van der Waals surface area contributed by atoms with E-state index in [2.05, 4.69) is 15.4 Å². The van der Waals surface area contributed by atoms with Gasteiger partial charge in [-0.15, -0.1) is 0 Å². The maximum Gasteiger partial charge on any atom is 0.404 e. The number of nitrogens with two attached hydrogens (primary N) is 1. The fourth-order valence-electron chi connectivity index (χ4n) is 4.13. The van der Waals surface area contributed by atoms with Gasteiger partial charge < -0.3 is 20.5 Å². The van der Waals surface area contributed by atoms with Crippen LogP contribution in [0.2, 0.25) is 0 Å². The number of benzene rings is 1. The lowest BCUT2D eigenvalue weighted by Crippen LogP contribution is -2.54. The Labute approximate surface area is 207 Å². The Kier molecular flexibility index (Phi) is 9.37. The highest BCUT2D eigenvalue weighted by atomic mass is 16.5. The van der Waals surface area contributed by atoms with Crippen LogP contribution in [-0.2, 0) is 19.1 Å². The van der Waals surface area contributed by atoms with Gasteiger partial charge in [-0.3, -0.25) is 34.2 Å². The zero-order valence-corrected chi connectivity index (χ0v) is 19.9. The zero-order valence-electron chi connectivity index (χ0n) is 19.9. The van der Waals surface area contributed by atoms with E-state index in [0.29, 0.717) is 13.2 Å². The molecule has 36 heavy (non-hydrogen) atoms. The predicted molar refractivity (Wildman–Crippen MR) is 125 cm³/mol. The molecule has 1 saturated heterocycles. The van der Waals surface area contributed by atoms with E-state index >= 15 is 0 Å². The molecule has 0 radical (unpaired) electrons. The minimum absolute atomic E-state index is 0.00114. The maximum atomic E-state index is 13.0. The number of hydrogen-bond acceptors (Lipinski definition) is 8. The molecule has 1 aromatic rings. The Morgan fingerprint density at radius 3 is 2.47 bits per heavy atom. The Hall–Kier alpha value is -3.96. The number of primary amides is 1. The van der Waals surface area contributed by atoms with Crippen molar-refractivity contribution in [3.8, 4) is 5.75 Å². The highest BCUT2D eigenvalue weighted by Gasteiger charge is 2.46. The number of carbonyl (C=O) groups excluding carboxylic acids is 6. The van der Waals surface area contributed by atoms with Gasteiger partial charge >= 0.3 is 6.09 Å². The molecule has 4 N–H and O–H groups in total. The van der Waals surface area contributed by atoms with Crippen LogP contribution in [0.25, 0.3) is 0 Å². The first-order valence-electron chi connectivity index (χ1n) is 12.0. The minimum Gasteiger partial charge on any atom is -0.483 e. The number of nitrogens with zero attached hydrogens (tertiary/aromatic N) is 1. The third kappa shape index (κ3) is 6.80. The van der Waals surface area contributed by atoms with E-state index in [0.717, 1.165) is 43.4 Å². The third-order valence-electron chi connectivity index (χ3n) is 5.93. The average molecular weight is 503 g/mol. The van der Waals surface area contributed by atoms with Crippen LogP contribution < -0.4 is 21.1 Å². The summed E-state index contributed by atoms with van der Waals surface area (Å²) in [6.07, 6.45) is 4.70. The normalized spacial score (nSPS) is 17.0. The molecule has 6 amide bonds. The second-order valence-corrected chi connectivity index (χ2v) is 8.55. The van der Waals surface area contributed by atoms with Gasteiger partial charge in [0, 0.05) is 13.0 Å². The van der Waals surface area contributed by atoms with Gasteiger partial charge in [-0.1, -0.05) is 31.7 Å². The van der Waals surface area contributed by atoms with Gasteiger partial charge in [0.05, 0.1) is 17.7 Å². The van der Waals surface area contributed by atoms with Crippen molar-refractivity contribution in [2.45, 2.75) is 57.4 Å². The van der Waals surface area contributed by atoms with Crippen LogP contribution in [0.3, 0.4) is 0 Å². The fraction of sp³-hybridized carbons (Fsp3) is 0.500. The van der Waals surface area contributed by atoms with Gasteiger partial charge in [-0.05, 0) is 31.4 Å². The first-order chi connectivity index (χ1) is 17.3. The summed E-state index contributed by atoms with van der Waals surface area (Å²) in [5.74, 6) is -2.76. The number of fused-ring (bicyclic) bond motifs is 1. The lowest BCUT2D eigenvalue weighted by molar-refractivity contribution is -0.136. The van der Waals surface area contributed by atoms with Gasteiger partial charge in [0.15, 0.2) is 6.61 Å². The largest absolute Gasteiger partial charge is 0.483 e. The number of carbonyl (C=O) groups is 6. The van der Waals surface area contributed by atoms with Crippen molar-refractivity contribution in [2.24, 2.45) is 5.73 Å². The van der Waals surface area contributed by atoms with E-state index in [1.54, 1.807) is 0 Å². The summed E-state index contributed by atoms with van der Waals surface area (Å²) < 4.78 is 10.2. The van der Waals surface area contributed by atoms with Crippen molar-refractivity contribution >= 4 is 35.6 Å². The van der Waals surface area contributed by atoms with Gasteiger partial charge in [-0.2, -0.15) is 0 Å². The molecule has 194 valence electrons. The fourth-order valence-corrected chi connectivity index (χ4v) is 4.13. The number of ether oxygens (including phenoxy) is 2. The highest BCUT2D eigenvalue weighted by Crippen LogP contribution is 2.33. The molecule has 0 aliphatic carbocycles. The second kappa shape index (κ2) is 12.7. The monoisotopic (exact) mass is 502 g/mol. The van der Waals surface area contributed by atoms with Gasteiger partial charge in [0.1, 0.15) is 11.8 Å². The van der Waals surface area contributed by atoms with Gasteiger partial charge in [0.2, 0.25) is 11.8 Å².